The monoisotopic (exact) mass is 243 g/mol. The first-order chi connectivity index (χ1) is 8.79. The minimum absolute atomic E-state index is 0.289. The van der Waals surface area contributed by atoms with Gasteiger partial charge in [-0.3, -0.25) is 4.90 Å². The van der Waals surface area contributed by atoms with Crippen molar-refractivity contribution in [2.45, 2.75) is 24.9 Å². The van der Waals surface area contributed by atoms with E-state index in [4.69, 9.17) is 0 Å². The molecule has 96 valence electrons. The molecule has 0 spiro atoms. The van der Waals surface area contributed by atoms with Crippen LogP contribution < -0.4 is 0 Å². The van der Waals surface area contributed by atoms with Crippen molar-refractivity contribution in [3.05, 3.63) is 48.0 Å². The molecule has 0 saturated carbocycles. The lowest BCUT2D eigenvalue weighted by atomic mass is 9.75. The molecule has 1 aromatic rings. The molecule has 3 atom stereocenters. The molecule has 1 aromatic carbocycles. The zero-order valence-electron chi connectivity index (χ0n) is 10.8. The van der Waals surface area contributed by atoms with Crippen LogP contribution in [0.1, 0.15) is 36.0 Å². The van der Waals surface area contributed by atoms with Crippen molar-refractivity contribution in [2.75, 3.05) is 19.6 Å². The van der Waals surface area contributed by atoms with Crippen molar-refractivity contribution in [2.24, 2.45) is 5.92 Å². The Balaban J connectivity index is 1.92. The van der Waals surface area contributed by atoms with Crippen molar-refractivity contribution >= 4 is 0 Å². The largest absolute Gasteiger partial charge is 0.388 e. The number of aliphatic hydroxyl groups is 1. The third kappa shape index (κ3) is 2.00. The van der Waals surface area contributed by atoms with Gasteiger partial charge in [0.15, 0.2) is 0 Å². The van der Waals surface area contributed by atoms with Gasteiger partial charge in [0.05, 0.1) is 6.10 Å². The predicted molar refractivity (Wildman–Crippen MR) is 73.5 cm³/mol. The van der Waals surface area contributed by atoms with Crippen LogP contribution in [0.2, 0.25) is 0 Å². The number of aliphatic hydroxyl groups excluding tert-OH is 1. The highest BCUT2D eigenvalue weighted by Crippen LogP contribution is 2.44. The summed E-state index contributed by atoms with van der Waals surface area (Å²) in [5, 5.41) is 10.5. The van der Waals surface area contributed by atoms with Gasteiger partial charge in [-0.2, -0.15) is 0 Å². The maximum absolute atomic E-state index is 10.5. The van der Waals surface area contributed by atoms with Gasteiger partial charge in [0.1, 0.15) is 0 Å². The average molecular weight is 243 g/mol. The lowest BCUT2D eigenvalue weighted by Crippen LogP contribution is -2.32. The van der Waals surface area contributed by atoms with Gasteiger partial charge in [0, 0.05) is 19.0 Å². The van der Waals surface area contributed by atoms with Crippen LogP contribution in [0.5, 0.6) is 0 Å². The van der Waals surface area contributed by atoms with Crippen molar-refractivity contribution in [1.82, 2.24) is 4.90 Å². The summed E-state index contributed by atoms with van der Waals surface area (Å²) >= 11 is 0. The molecular formula is C16H21NO. The molecule has 0 aromatic heterocycles. The number of hydrogen-bond donors (Lipinski definition) is 1. The summed E-state index contributed by atoms with van der Waals surface area (Å²) in [6.45, 7) is 6.88. The Morgan fingerprint density at radius 2 is 2.11 bits per heavy atom. The van der Waals surface area contributed by atoms with E-state index >= 15 is 0 Å². The second-order valence-electron chi connectivity index (χ2n) is 5.60. The van der Waals surface area contributed by atoms with Crippen molar-refractivity contribution in [3.63, 3.8) is 0 Å². The Kier molecular flexibility index (Phi) is 3.23. The van der Waals surface area contributed by atoms with Crippen molar-refractivity contribution in [3.8, 4) is 0 Å². The number of likely N-dealkylation sites (tertiary alicyclic amines) is 1. The zero-order chi connectivity index (χ0) is 12.5. The van der Waals surface area contributed by atoms with E-state index in [1.807, 2.05) is 12.1 Å². The molecule has 1 fully saturated rings. The van der Waals surface area contributed by atoms with Crippen LogP contribution in [0.4, 0.5) is 0 Å². The number of benzene rings is 1. The van der Waals surface area contributed by atoms with E-state index in [9.17, 15) is 5.11 Å². The maximum Gasteiger partial charge on any atom is 0.0833 e. The Hall–Kier alpha value is -1.12. The molecule has 1 aliphatic heterocycles. The van der Waals surface area contributed by atoms with E-state index in [1.165, 1.54) is 17.5 Å². The fourth-order valence-electron chi connectivity index (χ4n) is 3.58. The van der Waals surface area contributed by atoms with E-state index in [1.54, 1.807) is 0 Å². The lowest BCUT2D eigenvalue weighted by Gasteiger charge is -2.34. The van der Waals surface area contributed by atoms with Gasteiger partial charge in [-0.25, -0.2) is 0 Å². The maximum atomic E-state index is 10.5. The quantitative estimate of drug-likeness (QED) is 0.807. The summed E-state index contributed by atoms with van der Waals surface area (Å²) in [5.74, 6) is 1.01. The highest BCUT2D eigenvalue weighted by atomic mass is 16.3. The zero-order valence-corrected chi connectivity index (χ0v) is 10.8. The van der Waals surface area contributed by atoms with Crippen molar-refractivity contribution in [1.29, 1.82) is 0 Å². The Labute approximate surface area is 109 Å². The van der Waals surface area contributed by atoms with Gasteiger partial charge < -0.3 is 5.11 Å². The van der Waals surface area contributed by atoms with Crippen LogP contribution in [0.25, 0.3) is 0 Å². The molecule has 1 heterocycles. The van der Waals surface area contributed by atoms with Gasteiger partial charge in [-0.1, -0.05) is 30.3 Å². The molecule has 1 N–H and O–H groups in total. The molecule has 18 heavy (non-hydrogen) atoms. The standard InChI is InChI=1S/C16H21NO/c1-2-8-17-9-7-12-10-13(11-17)16(18)15-6-4-3-5-14(12)15/h2-6,12-13,16,18H,1,7-11H2. The van der Waals surface area contributed by atoms with Crippen LogP contribution in [-0.4, -0.2) is 29.6 Å². The summed E-state index contributed by atoms with van der Waals surface area (Å²) in [5.41, 5.74) is 2.54. The molecule has 3 unspecified atom stereocenters. The third-order valence-corrected chi connectivity index (χ3v) is 4.46. The molecule has 2 heteroatoms. The second-order valence-corrected chi connectivity index (χ2v) is 5.60. The Morgan fingerprint density at radius 1 is 1.33 bits per heavy atom. The highest BCUT2D eigenvalue weighted by Gasteiger charge is 2.36. The second kappa shape index (κ2) is 4.87. The molecule has 0 amide bonds. The number of fused-ring (bicyclic) bond motifs is 4. The smallest absolute Gasteiger partial charge is 0.0833 e. The van der Waals surface area contributed by atoms with Crippen LogP contribution in [0.15, 0.2) is 36.9 Å². The summed E-state index contributed by atoms with van der Waals surface area (Å²) in [4.78, 5) is 2.42. The van der Waals surface area contributed by atoms with E-state index in [2.05, 4.69) is 29.7 Å². The first kappa shape index (κ1) is 11.9. The summed E-state index contributed by atoms with van der Waals surface area (Å²) in [6, 6.07) is 8.43. The van der Waals surface area contributed by atoms with Crippen LogP contribution >= 0.6 is 0 Å². The first-order valence-corrected chi connectivity index (χ1v) is 6.89. The molecule has 0 radical (unpaired) electrons. The molecule has 2 bridgehead atoms. The highest BCUT2D eigenvalue weighted by molar-refractivity contribution is 5.35. The molecular weight excluding hydrogens is 222 g/mol. The van der Waals surface area contributed by atoms with E-state index < -0.39 is 0 Å². The van der Waals surface area contributed by atoms with Gasteiger partial charge in [-0.15, -0.1) is 6.58 Å². The van der Waals surface area contributed by atoms with Gasteiger partial charge in [0.25, 0.3) is 0 Å². The summed E-state index contributed by atoms with van der Waals surface area (Å²) in [7, 11) is 0. The third-order valence-electron chi connectivity index (χ3n) is 4.46. The van der Waals surface area contributed by atoms with E-state index in [0.717, 1.165) is 26.1 Å². The lowest BCUT2D eigenvalue weighted by molar-refractivity contribution is 0.0750. The van der Waals surface area contributed by atoms with Gasteiger partial charge in [0.2, 0.25) is 0 Å². The molecule has 2 nitrogen and oxygen atoms in total. The fourth-order valence-corrected chi connectivity index (χ4v) is 3.58. The normalized spacial score (nSPS) is 31.5. The van der Waals surface area contributed by atoms with E-state index in [-0.39, 0.29) is 6.10 Å². The minimum Gasteiger partial charge on any atom is -0.388 e. The molecule has 3 rings (SSSR count). The van der Waals surface area contributed by atoms with Gasteiger partial charge >= 0.3 is 0 Å². The van der Waals surface area contributed by atoms with Crippen molar-refractivity contribution < 1.29 is 5.11 Å². The van der Waals surface area contributed by atoms with E-state index in [0.29, 0.717) is 11.8 Å². The number of rotatable bonds is 2. The minimum atomic E-state index is -0.289. The average Bonchev–Trinajstić information content (AvgIpc) is 2.58. The number of nitrogens with zero attached hydrogens (tertiary/aromatic N) is 1. The predicted octanol–water partition coefficient (Wildman–Crippen LogP) is 2.72. The number of hydrogen-bond acceptors (Lipinski definition) is 2. The van der Waals surface area contributed by atoms with Crippen LogP contribution in [-0.2, 0) is 0 Å². The summed E-state index contributed by atoms with van der Waals surface area (Å²) < 4.78 is 0. The Morgan fingerprint density at radius 3 is 2.89 bits per heavy atom. The molecule has 1 aliphatic carbocycles. The van der Waals surface area contributed by atoms with Crippen LogP contribution in [0.3, 0.4) is 0 Å². The van der Waals surface area contributed by atoms with Crippen LogP contribution in [0, 0.1) is 5.92 Å². The molecule has 1 saturated heterocycles. The summed E-state index contributed by atoms with van der Waals surface area (Å²) in [6.07, 6.45) is 4.01. The SMILES string of the molecule is C=CCN1CCC2CC(C1)C(O)c1ccccc12. The Bertz CT molecular complexity index is 427. The fraction of sp³-hybridized carbons (Fsp3) is 0.500. The first-order valence-electron chi connectivity index (χ1n) is 6.89. The van der Waals surface area contributed by atoms with Gasteiger partial charge in [-0.05, 0) is 36.4 Å². The topological polar surface area (TPSA) is 23.5 Å². The molecule has 2 aliphatic rings.